The number of rotatable bonds is 4. The third-order valence-corrected chi connectivity index (χ3v) is 5.10. The van der Waals surface area contributed by atoms with Crippen molar-refractivity contribution in [3.05, 3.63) is 88.8 Å². The second kappa shape index (κ2) is 7.96. The summed E-state index contributed by atoms with van der Waals surface area (Å²) in [6.45, 7) is 8.90. The quantitative estimate of drug-likeness (QED) is 0.395. The van der Waals surface area contributed by atoms with E-state index in [4.69, 9.17) is 14.1 Å². The molecule has 0 unspecified atom stereocenters. The maximum Gasteiger partial charge on any atom is 0.137 e. The molecule has 3 nitrogen and oxygen atoms in total. The monoisotopic (exact) mass is 383 g/mol. The summed E-state index contributed by atoms with van der Waals surface area (Å²) in [6.07, 6.45) is 0. The Labute approximate surface area is 171 Å². The van der Waals surface area contributed by atoms with Crippen molar-refractivity contribution >= 4 is 16.7 Å². The van der Waals surface area contributed by atoms with Crippen LogP contribution in [0, 0.1) is 20.8 Å². The van der Waals surface area contributed by atoms with Crippen LogP contribution in [0.2, 0.25) is 0 Å². The summed E-state index contributed by atoms with van der Waals surface area (Å²) in [5, 5.41) is 1.80. The lowest BCUT2D eigenvalue weighted by Gasteiger charge is -2.08. The van der Waals surface area contributed by atoms with Crippen molar-refractivity contribution in [2.24, 2.45) is 4.99 Å². The molecule has 0 atom stereocenters. The number of hydrogen-bond acceptors (Lipinski definition) is 3. The molecule has 4 rings (SSSR count). The molecule has 0 bridgehead atoms. The second-order valence-electron chi connectivity index (χ2n) is 7.33. The number of nitrogens with zero attached hydrogens (tertiary/aromatic N) is 1. The zero-order chi connectivity index (χ0) is 20.4. The van der Waals surface area contributed by atoms with Gasteiger partial charge in [-0.3, -0.25) is 0 Å². The first-order valence-electron chi connectivity index (χ1n) is 9.93. The van der Waals surface area contributed by atoms with Crippen molar-refractivity contribution < 1.29 is 9.15 Å². The first-order chi connectivity index (χ1) is 14.0. The molecule has 3 aromatic carbocycles. The average Bonchev–Trinajstić information content (AvgIpc) is 2.72. The van der Waals surface area contributed by atoms with E-state index in [1.165, 1.54) is 16.7 Å². The first-order valence-corrected chi connectivity index (χ1v) is 9.93. The Kier molecular flexibility index (Phi) is 5.22. The van der Waals surface area contributed by atoms with Crippen molar-refractivity contribution in [2.75, 3.05) is 6.61 Å². The lowest BCUT2D eigenvalue weighted by molar-refractivity contribution is 0.340. The van der Waals surface area contributed by atoms with Crippen molar-refractivity contribution in [1.82, 2.24) is 0 Å². The number of hydrogen-bond donors (Lipinski definition) is 0. The summed E-state index contributed by atoms with van der Waals surface area (Å²) < 4.78 is 11.9. The molecule has 0 spiro atoms. The Hall–Kier alpha value is -3.33. The maximum absolute atomic E-state index is 6.23. The molecule has 0 aliphatic rings. The van der Waals surface area contributed by atoms with E-state index in [0.29, 0.717) is 6.61 Å². The van der Waals surface area contributed by atoms with Crippen LogP contribution in [0.15, 0.2) is 76.1 Å². The largest absolute Gasteiger partial charge is 0.494 e. The van der Waals surface area contributed by atoms with Crippen LogP contribution in [0.1, 0.15) is 23.6 Å². The van der Waals surface area contributed by atoms with Gasteiger partial charge in [0.2, 0.25) is 0 Å². The third-order valence-electron chi connectivity index (χ3n) is 5.10. The Morgan fingerprint density at radius 3 is 2.34 bits per heavy atom. The summed E-state index contributed by atoms with van der Waals surface area (Å²) in [5.74, 6) is 1.61. The zero-order valence-corrected chi connectivity index (χ0v) is 17.3. The molecule has 3 heteroatoms. The number of benzene rings is 3. The van der Waals surface area contributed by atoms with Crippen LogP contribution >= 0.6 is 0 Å². The Morgan fingerprint density at radius 1 is 0.828 bits per heavy atom. The van der Waals surface area contributed by atoms with Gasteiger partial charge in [-0.1, -0.05) is 35.9 Å². The Bertz CT molecular complexity index is 1230. The van der Waals surface area contributed by atoms with Crippen LogP contribution in [0.3, 0.4) is 0 Å². The average molecular weight is 383 g/mol. The normalized spacial score (nSPS) is 11.8. The van der Waals surface area contributed by atoms with E-state index >= 15 is 0 Å². The predicted molar refractivity (Wildman–Crippen MR) is 119 cm³/mol. The van der Waals surface area contributed by atoms with E-state index in [1.54, 1.807) is 0 Å². The molecule has 1 heterocycles. The number of fused-ring (bicyclic) bond motifs is 1. The fraction of sp³-hybridized carbons (Fsp3) is 0.192. The molecule has 0 radical (unpaired) electrons. The zero-order valence-electron chi connectivity index (χ0n) is 17.3. The molecule has 0 fully saturated rings. The number of ether oxygens (including phenoxy) is 1. The Balaban J connectivity index is 1.96. The summed E-state index contributed by atoms with van der Waals surface area (Å²) in [4.78, 5) is 4.96. The minimum Gasteiger partial charge on any atom is -0.494 e. The van der Waals surface area contributed by atoms with E-state index in [2.05, 4.69) is 63.2 Å². The number of aryl methyl sites for hydroxylation is 3. The van der Waals surface area contributed by atoms with Crippen LogP contribution < -0.4 is 10.1 Å². The van der Waals surface area contributed by atoms with Crippen molar-refractivity contribution in [1.29, 1.82) is 0 Å². The molecule has 0 amide bonds. The Morgan fingerprint density at radius 2 is 1.62 bits per heavy atom. The molecular formula is C26H25NO2. The highest BCUT2D eigenvalue weighted by atomic mass is 16.5. The van der Waals surface area contributed by atoms with Crippen molar-refractivity contribution in [3.63, 3.8) is 0 Å². The fourth-order valence-electron chi connectivity index (χ4n) is 3.29. The molecular weight excluding hydrogens is 358 g/mol. The van der Waals surface area contributed by atoms with Crippen LogP contribution in [0.4, 0.5) is 5.69 Å². The fourth-order valence-corrected chi connectivity index (χ4v) is 3.29. The summed E-state index contributed by atoms with van der Waals surface area (Å²) >= 11 is 0. The van der Waals surface area contributed by atoms with Crippen molar-refractivity contribution in [2.45, 2.75) is 27.7 Å². The van der Waals surface area contributed by atoms with Gasteiger partial charge in [-0.15, -0.1) is 0 Å². The van der Waals surface area contributed by atoms with Gasteiger partial charge in [0, 0.05) is 17.0 Å². The lowest BCUT2D eigenvalue weighted by Crippen LogP contribution is -2.04. The molecule has 29 heavy (non-hydrogen) atoms. The molecule has 0 saturated carbocycles. The lowest BCUT2D eigenvalue weighted by atomic mass is 10.1. The highest BCUT2D eigenvalue weighted by Gasteiger charge is 2.08. The second-order valence-corrected chi connectivity index (χ2v) is 7.33. The smallest absolute Gasteiger partial charge is 0.137 e. The van der Waals surface area contributed by atoms with Gasteiger partial charge >= 0.3 is 0 Å². The van der Waals surface area contributed by atoms with Gasteiger partial charge in [0.05, 0.1) is 17.7 Å². The molecule has 0 saturated heterocycles. The SMILES string of the molecule is CCOc1ccc2oc(-c3ccc(C)cc3)cc(=Nc3ccc(C)c(C)c3)c2c1. The van der Waals surface area contributed by atoms with Gasteiger partial charge in [-0.05, 0) is 69.2 Å². The molecule has 1 aromatic heterocycles. The predicted octanol–water partition coefficient (Wildman–Crippen LogP) is 6.66. The molecule has 0 aliphatic carbocycles. The van der Waals surface area contributed by atoms with Gasteiger partial charge in [0.1, 0.15) is 17.1 Å². The van der Waals surface area contributed by atoms with Gasteiger partial charge < -0.3 is 9.15 Å². The van der Waals surface area contributed by atoms with Crippen LogP contribution in [-0.2, 0) is 0 Å². The topological polar surface area (TPSA) is 34.7 Å². The minimum absolute atomic E-state index is 0.619. The van der Waals surface area contributed by atoms with Gasteiger partial charge in [0.15, 0.2) is 0 Å². The minimum atomic E-state index is 0.619. The van der Waals surface area contributed by atoms with Crippen LogP contribution in [0.25, 0.3) is 22.3 Å². The third kappa shape index (κ3) is 4.09. The van der Waals surface area contributed by atoms with E-state index in [-0.39, 0.29) is 0 Å². The summed E-state index contributed by atoms with van der Waals surface area (Å²) in [7, 11) is 0. The molecule has 0 N–H and O–H groups in total. The van der Waals surface area contributed by atoms with E-state index in [1.807, 2.05) is 31.2 Å². The summed E-state index contributed by atoms with van der Waals surface area (Å²) in [6, 6.07) is 22.5. The van der Waals surface area contributed by atoms with E-state index < -0.39 is 0 Å². The van der Waals surface area contributed by atoms with Gasteiger partial charge in [-0.2, -0.15) is 0 Å². The standard InChI is InChI=1S/C26H25NO2/c1-5-28-22-12-13-25-23(15-22)24(27-21-11-8-18(3)19(4)14-21)16-26(29-25)20-9-6-17(2)7-10-20/h6-16H,5H2,1-4H3. The van der Waals surface area contributed by atoms with Gasteiger partial charge in [-0.25, -0.2) is 4.99 Å². The van der Waals surface area contributed by atoms with Crippen molar-refractivity contribution in [3.8, 4) is 17.1 Å². The summed E-state index contributed by atoms with van der Waals surface area (Å²) in [5.41, 5.74) is 6.45. The molecule has 0 aliphatic heterocycles. The van der Waals surface area contributed by atoms with Crippen LogP contribution in [0.5, 0.6) is 5.75 Å². The molecule has 4 aromatic rings. The van der Waals surface area contributed by atoms with Crippen LogP contribution in [-0.4, -0.2) is 6.61 Å². The highest BCUT2D eigenvalue weighted by Crippen LogP contribution is 2.26. The van der Waals surface area contributed by atoms with E-state index in [0.717, 1.165) is 39.1 Å². The first kappa shape index (κ1) is 19.0. The molecule has 146 valence electrons. The maximum atomic E-state index is 6.23. The van der Waals surface area contributed by atoms with Gasteiger partial charge in [0.25, 0.3) is 0 Å². The van der Waals surface area contributed by atoms with E-state index in [9.17, 15) is 0 Å². The highest BCUT2D eigenvalue weighted by molar-refractivity contribution is 5.80.